The summed E-state index contributed by atoms with van der Waals surface area (Å²) in [6.07, 6.45) is 2.29. The quantitative estimate of drug-likeness (QED) is 0.769. The highest BCUT2D eigenvalue weighted by atomic mass is 79.9. The normalized spacial score (nSPS) is 14.5. The molecular formula is C13H10BrCl2N3. The molecule has 3 nitrogen and oxygen atoms in total. The Morgan fingerprint density at radius 1 is 1.16 bits per heavy atom. The van der Waals surface area contributed by atoms with Crippen LogP contribution in [0.1, 0.15) is 24.6 Å². The Morgan fingerprint density at radius 2 is 1.95 bits per heavy atom. The van der Waals surface area contributed by atoms with Crippen molar-refractivity contribution in [1.29, 1.82) is 0 Å². The summed E-state index contributed by atoms with van der Waals surface area (Å²) >= 11 is 15.4. The van der Waals surface area contributed by atoms with E-state index in [0.717, 1.165) is 28.8 Å². The highest BCUT2D eigenvalue weighted by Crippen LogP contribution is 2.39. The van der Waals surface area contributed by atoms with Gasteiger partial charge in [0.25, 0.3) is 0 Å². The van der Waals surface area contributed by atoms with Gasteiger partial charge in [-0.25, -0.2) is 9.97 Å². The number of benzene rings is 1. The molecule has 6 heteroatoms. The molecule has 3 rings (SSSR count). The van der Waals surface area contributed by atoms with Gasteiger partial charge in [-0.15, -0.1) is 0 Å². The molecule has 1 aromatic carbocycles. The Morgan fingerprint density at radius 3 is 2.63 bits per heavy atom. The molecule has 1 heterocycles. The Hall–Kier alpha value is -0.840. The van der Waals surface area contributed by atoms with Gasteiger partial charge in [0.15, 0.2) is 0 Å². The lowest BCUT2D eigenvalue weighted by Gasteiger charge is -2.08. The lowest BCUT2D eigenvalue weighted by Crippen LogP contribution is -1.99. The zero-order valence-corrected chi connectivity index (χ0v) is 12.9. The molecule has 0 radical (unpaired) electrons. The third-order valence-corrected chi connectivity index (χ3v) is 4.27. The van der Waals surface area contributed by atoms with E-state index in [-0.39, 0.29) is 0 Å². The average molecular weight is 359 g/mol. The Bertz CT molecular complexity index is 629. The molecule has 0 bridgehead atoms. The summed E-state index contributed by atoms with van der Waals surface area (Å²) in [4.78, 5) is 8.73. The summed E-state index contributed by atoms with van der Waals surface area (Å²) in [6, 6.07) is 7.35. The van der Waals surface area contributed by atoms with Crippen LogP contribution in [0.5, 0.6) is 0 Å². The standard InChI is InChI=1S/C13H10BrCl2N3/c14-9-4-3-8(5-10(9)15)17-12-6-11(16)18-13(19-12)7-1-2-7/h3-7H,1-2H2,(H,17,18,19). The van der Waals surface area contributed by atoms with Crippen LogP contribution < -0.4 is 5.32 Å². The second kappa shape index (κ2) is 5.27. The van der Waals surface area contributed by atoms with Crippen LogP contribution in [0.15, 0.2) is 28.7 Å². The monoisotopic (exact) mass is 357 g/mol. The van der Waals surface area contributed by atoms with Crippen molar-refractivity contribution < 1.29 is 0 Å². The third-order valence-electron chi connectivity index (χ3n) is 2.85. The molecule has 1 N–H and O–H groups in total. The molecule has 2 aromatic rings. The summed E-state index contributed by atoms with van der Waals surface area (Å²) in [5.41, 5.74) is 0.865. The first-order valence-corrected chi connectivity index (χ1v) is 7.43. The first kappa shape index (κ1) is 13.2. The van der Waals surface area contributed by atoms with Gasteiger partial charge in [0.05, 0.1) is 5.02 Å². The number of aromatic nitrogens is 2. The molecule has 98 valence electrons. The Kier molecular flexibility index (Phi) is 3.65. The van der Waals surface area contributed by atoms with Gasteiger partial charge in [-0.3, -0.25) is 0 Å². The van der Waals surface area contributed by atoms with Gasteiger partial charge >= 0.3 is 0 Å². The van der Waals surface area contributed by atoms with E-state index in [9.17, 15) is 0 Å². The van der Waals surface area contributed by atoms with E-state index in [1.807, 2.05) is 18.2 Å². The van der Waals surface area contributed by atoms with E-state index in [1.54, 1.807) is 6.07 Å². The van der Waals surface area contributed by atoms with Crippen molar-refractivity contribution in [1.82, 2.24) is 9.97 Å². The summed E-state index contributed by atoms with van der Waals surface area (Å²) in [5, 5.41) is 4.30. The number of anilines is 2. The van der Waals surface area contributed by atoms with Gasteiger partial charge in [0.2, 0.25) is 0 Å². The molecule has 0 spiro atoms. The molecule has 1 aromatic heterocycles. The van der Waals surface area contributed by atoms with Crippen LogP contribution in [0.3, 0.4) is 0 Å². The van der Waals surface area contributed by atoms with Crippen LogP contribution in [-0.4, -0.2) is 9.97 Å². The zero-order chi connectivity index (χ0) is 13.4. The maximum Gasteiger partial charge on any atom is 0.135 e. The average Bonchev–Trinajstić information content (AvgIpc) is 3.17. The van der Waals surface area contributed by atoms with Gasteiger partial charge < -0.3 is 5.32 Å². The van der Waals surface area contributed by atoms with Gasteiger partial charge in [-0.05, 0) is 47.0 Å². The van der Waals surface area contributed by atoms with Crippen molar-refractivity contribution >= 4 is 50.6 Å². The van der Waals surface area contributed by atoms with Crippen LogP contribution >= 0.6 is 39.1 Å². The van der Waals surface area contributed by atoms with Gasteiger partial charge in [-0.2, -0.15) is 0 Å². The molecule has 0 atom stereocenters. The summed E-state index contributed by atoms with van der Waals surface area (Å²) < 4.78 is 0.860. The third kappa shape index (κ3) is 3.19. The number of nitrogens with one attached hydrogen (secondary N) is 1. The van der Waals surface area contributed by atoms with Crippen molar-refractivity contribution in [3.8, 4) is 0 Å². The maximum atomic E-state index is 6.06. The highest BCUT2D eigenvalue weighted by Gasteiger charge is 2.27. The molecule has 19 heavy (non-hydrogen) atoms. The zero-order valence-electron chi connectivity index (χ0n) is 9.83. The van der Waals surface area contributed by atoms with Gasteiger partial charge in [0, 0.05) is 22.1 Å². The van der Waals surface area contributed by atoms with Crippen LogP contribution in [0.25, 0.3) is 0 Å². The van der Waals surface area contributed by atoms with E-state index in [1.165, 1.54) is 0 Å². The molecule has 0 aliphatic heterocycles. The molecule has 1 aliphatic rings. The van der Waals surface area contributed by atoms with Crippen molar-refractivity contribution in [3.05, 3.63) is 44.7 Å². The van der Waals surface area contributed by atoms with Crippen LogP contribution in [-0.2, 0) is 0 Å². The summed E-state index contributed by atoms with van der Waals surface area (Å²) in [5.74, 6) is 1.98. The fraction of sp³-hybridized carbons (Fsp3) is 0.231. The molecule has 0 unspecified atom stereocenters. The summed E-state index contributed by atoms with van der Waals surface area (Å²) in [6.45, 7) is 0. The number of nitrogens with zero attached hydrogens (tertiary/aromatic N) is 2. The Balaban J connectivity index is 1.87. The first-order valence-electron chi connectivity index (χ1n) is 5.88. The fourth-order valence-electron chi connectivity index (χ4n) is 1.75. The number of hydrogen-bond donors (Lipinski definition) is 1. The highest BCUT2D eigenvalue weighted by molar-refractivity contribution is 9.10. The van der Waals surface area contributed by atoms with E-state index in [0.29, 0.717) is 21.9 Å². The lowest BCUT2D eigenvalue weighted by molar-refractivity contribution is 0.931. The van der Waals surface area contributed by atoms with E-state index >= 15 is 0 Å². The van der Waals surface area contributed by atoms with E-state index in [2.05, 4.69) is 31.2 Å². The van der Waals surface area contributed by atoms with Gasteiger partial charge in [0.1, 0.15) is 16.8 Å². The summed E-state index contributed by atoms with van der Waals surface area (Å²) in [7, 11) is 0. The van der Waals surface area contributed by atoms with Crippen molar-refractivity contribution in [2.45, 2.75) is 18.8 Å². The molecular weight excluding hydrogens is 349 g/mol. The molecule has 0 amide bonds. The first-order chi connectivity index (χ1) is 9.11. The maximum absolute atomic E-state index is 6.06. The lowest BCUT2D eigenvalue weighted by atomic mass is 10.3. The topological polar surface area (TPSA) is 37.8 Å². The molecule has 1 fully saturated rings. The predicted molar refractivity (Wildman–Crippen MR) is 81.5 cm³/mol. The molecule has 1 saturated carbocycles. The van der Waals surface area contributed by atoms with Gasteiger partial charge in [-0.1, -0.05) is 23.2 Å². The van der Waals surface area contributed by atoms with E-state index in [4.69, 9.17) is 23.2 Å². The number of rotatable bonds is 3. The predicted octanol–water partition coefficient (Wildman–Crippen LogP) is 5.17. The second-order valence-corrected chi connectivity index (χ2v) is 6.11. The van der Waals surface area contributed by atoms with Crippen LogP contribution in [0.4, 0.5) is 11.5 Å². The minimum Gasteiger partial charge on any atom is -0.340 e. The smallest absolute Gasteiger partial charge is 0.135 e. The largest absolute Gasteiger partial charge is 0.340 e. The Labute approximate surface area is 129 Å². The van der Waals surface area contributed by atoms with Crippen LogP contribution in [0, 0.1) is 0 Å². The van der Waals surface area contributed by atoms with Crippen molar-refractivity contribution in [2.24, 2.45) is 0 Å². The molecule has 1 aliphatic carbocycles. The second-order valence-electron chi connectivity index (χ2n) is 4.46. The number of hydrogen-bond acceptors (Lipinski definition) is 3. The van der Waals surface area contributed by atoms with Crippen molar-refractivity contribution in [3.63, 3.8) is 0 Å². The minimum atomic E-state index is 0.461. The number of halogens is 3. The molecule has 0 saturated heterocycles. The SMILES string of the molecule is Clc1cc(Nc2ccc(Br)c(Cl)c2)nc(C2CC2)n1. The van der Waals surface area contributed by atoms with E-state index < -0.39 is 0 Å². The van der Waals surface area contributed by atoms with Crippen LogP contribution in [0.2, 0.25) is 10.2 Å². The minimum absolute atomic E-state index is 0.461. The fourth-order valence-corrected chi connectivity index (χ4v) is 2.36. The van der Waals surface area contributed by atoms with Crippen molar-refractivity contribution in [2.75, 3.05) is 5.32 Å².